The van der Waals surface area contributed by atoms with Crippen LogP contribution in [0.2, 0.25) is 0 Å². The Morgan fingerprint density at radius 3 is 2.68 bits per heavy atom. The number of halogens is 1. The third-order valence-electron chi connectivity index (χ3n) is 3.73. The Balaban J connectivity index is 1.68. The Hall–Kier alpha value is -2.51. The van der Waals surface area contributed by atoms with Gasteiger partial charge in [-0.05, 0) is 52.0 Å². The molecule has 0 spiro atoms. The molecule has 3 aromatic heterocycles. The van der Waals surface area contributed by atoms with E-state index in [2.05, 4.69) is 36.3 Å². The molecule has 0 fully saturated rings. The third kappa shape index (κ3) is 3.08. The summed E-state index contributed by atoms with van der Waals surface area (Å²) in [6.07, 6.45) is 3.41. The van der Waals surface area contributed by atoms with Gasteiger partial charge in [-0.1, -0.05) is 12.1 Å². The number of anilines is 1. The first-order chi connectivity index (χ1) is 12.1. The van der Waals surface area contributed by atoms with Gasteiger partial charge in [0.25, 0.3) is 0 Å². The van der Waals surface area contributed by atoms with E-state index >= 15 is 0 Å². The molecule has 5 nitrogen and oxygen atoms in total. The number of hydrogen-bond donors (Lipinski definition) is 1. The van der Waals surface area contributed by atoms with Crippen molar-refractivity contribution in [2.75, 3.05) is 5.73 Å². The van der Waals surface area contributed by atoms with Crippen LogP contribution < -0.4 is 10.5 Å². The lowest BCUT2D eigenvalue weighted by Crippen LogP contribution is -1.93. The minimum Gasteiger partial charge on any atom is -0.424 e. The van der Waals surface area contributed by atoms with Gasteiger partial charge >= 0.3 is 6.01 Å². The summed E-state index contributed by atoms with van der Waals surface area (Å²) in [5.41, 5.74) is 9.06. The summed E-state index contributed by atoms with van der Waals surface area (Å²) in [6, 6.07) is 9.94. The highest BCUT2D eigenvalue weighted by atomic mass is 79.9. The van der Waals surface area contributed by atoms with Gasteiger partial charge in [-0.3, -0.25) is 0 Å². The molecule has 0 unspecified atom stereocenters. The van der Waals surface area contributed by atoms with Gasteiger partial charge < -0.3 is 10.5 Å². The van der Waals surface area contributed by atoms with E-state index < -0.39 is 0 Å². The summed E-state index contributed by atoms with van der Waals surface area (Å²) in [5.74, 6) is 1.21. The van der Waals surface area contributed by atoms with Crippen LogP contribution in [0.1, 0.15) is 5.69 Å². The third-order valence-corrected chi connectivity index (χ3v) is 5.61. The highest BCUT2D eigenvalue weighted by Gasteiger charge is 2.13. The lowest BCUT2D eigenvalue weighted by atomic mass is 10.1. The first-order valence-corrected chi connectivity index (χ1v) is 9.18. The number of benzene rings is 1. The Labute approximate surface area is 156 Å². The Kier molecular flexibility index (Phi) is 4.10. The molecule has 0 aliphatic carbocycles. The first-order valence-electron chi connectivity index (χ1n) is 7.51. The maximum absolute atomic E-state index is 6.09. The van der Waals surface area contributed by atoms with E-state index in [1.54, 1.807) is 23.7 Å². The molecule has 4 aromatic rings. The predicted octanol–water partition coefficient (Wildman–Crippen LogP) is 5.20. The number of fused-ring (bicyclic) bond motifs is 1. The van der Waals surface area contributed by atoms with E-state index in [0.717, 1.165) is 31.4 Å². The van der Waals surface area contributed by atoms with Crippen molar-refractivity contribution >= 4 is 43.2 Å². The normalized spacial score (nSPS) is 11.0. The van der Waals surface area contributed by atoms with Crippen LogP contribution in [0.15, 0.2) is 52.6 Å². The Morgan fingerprint density at radius 1 is 1.12 bits per heavy atom. The lowest BCUT2D eigenvalue weighted by molar-refractivity contribution is 0.440. The van der Waals surface area contributed by atoms with Gasteiger partial charge in [-0.25, -0.2) is 15.0 Å². The molecule has 0 aliphatic rings. The van der Waals surface area contributed by atoms with Crippen molar-refractivity contribution in [1.82, 2.24) is 15.0 Å². The quantitative estimate of drug-likeness (QED) is 0.500. The molecule has 3 heterocycles. The van der Waals surface area contributed by atoms with Crippen molar-refractivity contribution < 1.29 is 4.74 Å². The zero-order chi connectivity index (χ0) is 17.4. The molecule has 0 atom stereocenters. The van der Waals surface area contributed by atoms with Gasteiger partial charge in [0.1, 0.15) is 11.6 Å². The SMILES string of the molecule is Cc1ccnc(Oc2ccc(-c3csc4c(Br)cnc(N)c34)cc2)n1. The van der Waals surface area contributed by atoms with Crippen molar-refractivity contribution in [2.24, 2.45) is 0 Å². The standard InChI is InChI=1S/C18H13BrN4OS/c1-10-6-7-21-18(23-10)24-12-4-2-11(3-5-12)13-9-25-16-14(19)8-22-17(20)15(13)16/h2-9H,1H3,(H2,20,22). The van der Waals surface area contributed by atoms with Crippen molar-refractivity contribution in [3.8, 4) is 22.9 Å². The average molecular weight is 413 g/mol. The largest absolute Gasteiger partial charge is 0.424 e. The van der Waals surface area contributed by atoms with Crippen LogP contribution in [0.25, 0.3) is 21.2 Å². The van der Waals surface area contributed by atoms with E-state index in [1.165, 1.54) is 0 Å². The molecule has 124 valence electrons. The van der Waals surface area contributed by atoms with Gasteiger partial charge in [0.05, 0.1) is 9.17 Å². The van der Waals surface area contributed by atoms with Crippen molar-refractivity contribution in [2.45, 2.75) is 6.92 Å². The number of nitrogen functional groups attached to an aromatic ring is 1. The molecule has 0 saturated heterocycles. The predicted molar refractivity (Wildman–Crippen MR) is 104 cm³/mol. The van der Waals surface area contributed by atoms with Crippen LogP contribution in [0.4, 0.5) is 5.82 Å². The van der Waals surface area contributed by atoms with Crippen LogP contribution in [0, 0.1) is 6.92 Å². The molecule has 7 heteroatoms. The van der Waals surface area contributed by atoms with Crippen molar-refractivity contribution in [3.05, 3.63) is 58.3 Å². The smallest absolute Gasteiger partial charge is 0.322 e. The highest BCUT2D eigenvalue weighted by molar-refractivity contribution is 9.10. The second kappa shape index (κ2) is 6.42. The molecule has 0 bridgehead atoms. The molecule has 0 radical (unpaired) electrons. The molecule has 0 amide bonds. The second-order valence-corrected chi connectivity index (χ2v) is 7.19. The van der Waals surface area contributed by atoms with Gasteiger partial charge in [0, 0.05) is 29.0 Å². The van der Waals surface area contributed by atoms with Crippen LogP contribution >= 0.6 is 27.3 Å². The molecule has 4 rings (SSSR count). The average Bonchev–Trinajstić information content (AvgIpc) is 3.05. The highest BCUT2D eigenvalue weighted by Crippen LogP contribution is 2.40. The fourth-order valence-corrected chi connectivity index (χ4v) is 4.10. The number of hydrogen-bond acceptors (Lipinski definition) is 6. The number of rotatable bonds is 3. The molecule has 0 aliphatic heterocycles. The monoisotopic (exact) mass is 412 g/mol. The molecule has 25 heavy (non-hydrogen) atoms. The van der Waals surface area contributed by atoms with Gasteiger partial charge in [0.2, 0.25) is 0 Å². The zero-order valence-corrected chi connectivity index (χ0v) is 15.6. The lowest BCUT2D eigenvalue weighted by Gasteiger charge is -2.06. The maximum Gasteiger partial charge on any atom is 0.322 e. The van der Waals surface area contributed by atoms with Crippen LogP contribution in [-0.2, 0) is 0 Å². The summed E-state index contributed by atoms with van der Waals surface area (Å²) in [5, 5.41) is 3.06. The fourth-order valence-electron chi connectivity index (χ4n) is 2.53. The van der Waals surface area contributed by atoms with Gasteiger partial charge in [-0.15, -0.1) is 11.3 Å². The summed E-state index contributed by atoms with van der Waals surface area (Å²) in [7, 11) is 0. The first kappa shape index (κ1) is 16.0. The number of thiophene rings is 1. The number of ether oxygens (including phenoxy) is 1. The molecule has 0 saturated carbocycles. The van der Waals surface area contributed by atoms with E-state index in [1.807, 2.05) is 37.3 Å². The minimum absolute atomic E-state index is 0.339. The molecular weight excluding hydrogens is 400 g/mol. The number of pyridine rings is 1. The van der Waals surface area contributed by atoms with E-state index in [9.17, 15) is 0 Å². The van der Waals surface area contributed by atoms with E-state index in [0.29, 0.717) is 17.6 Å². The summed E-state index contributed by atoms with van der Waals surface area (Å²) >= 11 is 5.17. The summed E-state index contributed by atoms with van der Waals surface area (Å²) < 4.78 is 7.74. The van der Waals surface area contributed by atoms with E-state index in [-0.39, 0.29) is 0 Å². The van der Waals surface area contributed by atoms with Crippen LogP contribution in [0.3, 0.4) is 0 Å². The molecule has 1 aromatic carbocycles. The van der Waals surface area contributed by atoms with Crippen molar-refractivity contribution in [3.63, 3.8) is 0 Å². The van der Waals surface area contributed by atoms with E-state index in [4.69, 9.17) is 10.5 Å². The molecule has 2 N–H and O–H groups in total. The maximum atomic E-state index is 6.09. The van der Waals surface area contributed by atoms with Crippen LogP contribution in [-0.4, -0.2) is 15.0 Å². The minimum atomic E-state index is 0.339. The van der Waals surface area contributed by atoms with Crippen molar-refractivity contribution in [1.29, 1.82) is 0 Å². The topological polar surface area (TPSA) is 73.9 Å². The Bertz CT molecular complexity index is 1060. The summed E-state index contributed by atoms with van der Waals surface area (Å²) in [6.45, 7) is 1.90. The second-order valence-electron chi connectivity index (χ2n) is 5.45. The van der Waals surface area contributed by atoms with Crippen LogP contribution in [0.5, 0.6) is 11.8 Å². The fraction of sp³-hybridized carbons (Fsp3) is 0.0556. The number of nitrogens with two attached hydrogens (primary N) is 1. The van der Waals surface area contributed by atoms with Gasteiger partial charge in [-0.2, -0.15) is 0 Å². The zero-order valence-electron chi connectivity index (χ0n) is 13.2. The number of aromatic nitrogens is 3. The summed E-state index contributed by atoms with van der Waals surface area (Å²) in [4.78, 5) is 12.6. The van der Waals surface area contributed by atoms with Gasteiger partial charge in [0.15, 0.2) is 0 Å². The molecular formula is C18H13BrN4OS. The number of nitrogens with zero attached hydrogens (tertiary/aromatic N) is 3. The Morgan fingerprint density at radius 2 is 1.92 bits per heavy atom. The number of aryl methyl sites for hydroxylation is 1.